The molecule has 82 valence electrons. The molecule has 0 unspecified atom stereocenters. The minimum absolute atomic E-state index is 0.0196. The van der Waals surface area contributed by atoms with Gasteiger partial charge in [0.2, 0.25) is 0 Å². The van der Waals surface area contributed by atoms with Crippen molar-refractivity contribution in [3.05, 3.63) is 28.2 Å². The lowest BCUT2D eigenvalue weighted by Gasteiger charge is -2.08. The van der Waals surface area contributed by atoms with Crippen molar-refractivity contribution in [2.75, 3.05) is 7.11 Å². The largest absolute Gasteiger partial charge is 0.468 e. The summed E-state index contributed by atoms with van der Waals surface area (Å²) in [6.07, 6.45) is 1.47. The van der Waals surface area contributed by atoms with E-state index in [4.69, 9.17) is 5.73 Å². The first-order chi connectivity index (χ1) is 7.04. The van der Waals surface area contributed by atoms with Gasteiger partial charge in [-0.1, -0.05) is 0 Å². The van der Waals surface area contributed by atoms with E-state index in [1.165, 1.54) is 19.4 Å². The molecule has 0 aliphatic heterocycles. The van der Waals surface area contributed by atoms with Crippen LogP contribution in [0.4, 0.5) is 4.39 Å². The van der Waals surface area contributed by atoms with Crippen LogP contribution in [0.25, 0.3) is 0 Å². The van der Waals surface area contributed by atoms with Crippen molar-refractivity contribution in [2.45, 2.75) is 12.5 Å². The molecule has 0 aliphatic carbocycles. The molecule has 0 aromatic carbocycles. The highest BCUT2D eigenvalue weighted by molar-refractivity contribution is 9.10. The predicted octanol–water partition coefficient (Wildman–Crippen LogP) is 1.03. The minimum Gasteiger partial charge on any atom is -0.468 e. The Balaban J connectivity index is 2.76. The molecule has 1 aromatic heterocycles. The molecule has 1 heterocycles. The fraction of sp³-hybridized carbons (Fsp3) is 0.333. The number of ether oxygens (including phenoxy) is 1. The molecule has 0 saturated carbocycles. The standard InChI is InChI=1S/C9H10BrFN2O2/c1-15-9(14)7(12)3-8-6(11)2-5(10)4-13-8/h2,4,7H,3,12H2,1H3/t7-/m0/s1. The summed E-state index contributed by atoms with van der Waals surface area (Å²) in [5, 5.41) is 0. The number of hydrogen-bond acceptors (Lipinski definition) is 4. The van der Waals surface area contributed by atoms with Crippen molar-refractivity contribution in [3.8, 4) is 0 Å². The van der Waals surface area contributed by atoms with Gasteiger partial charge in [0, 0.05) is 17.1 Å². The van der Waals surface area contributed by atoms with E-state index in [0.29, 0.717) is 4.47 Å². The number of hydrogen-bond donors (Lipinski definition) is 1. The number of carbonyl (C=O) groups is 1. The molecule has 0 saturated heterocycles. The van der Waals surface area contributed by atoms with Crippen LogP contribution in [0.2, 0.25) is 0 Å². The maximum Gasteiger partial charge on any atom is 0.323 e. The van der Waals surface area contributed by atoms with Gasteiger partial charge in [-0.2, -0.15) is 0 Å². The van der Waals surface area contributed by atoms with Gasteiger partial charge in [0.15, 0.2) is 0 Å². The Labute approximate surface area is 94.8 Å². The zero-order valence-corrected chi connectivity index (χ0v) is 9.62. The van der Waals surface area contributed by atoms with E-state index in [1.807, 2.05) is 0 Å². The van der Waals surface area contributed by atoms with Crippen LogP contribution in [-0.2, 0) is 16.0 Å². The molecule has 1 aromatic rings. The number of nitrogens with zero attached hydrogens (tertiary/aromatic N) is 1. The number of aromatic nitrogens is 1. The minimum atomic E-state index is -0.891. The molecule has 0 fully saturated rings. The van der Waals surface area contributed by atoms with E-state index in [9.17, 15) is 9.18 Å². The summed E-state index contributed by atoms with van der Waals surface area (Å²) in [6, 6.07) is 0.380. The lowest BCUT2D eigenvalue weighted by molar-refractivity contribution is -0.142. The summed E-state index contributed by atoms with van der Waals surface area (Å²) >= 11 is 3.08. The molecular weight excluding hydrogens is 267 g/mol. The first kappa shape index (κ1) is 12.1. The summed E-state index contributed by atoms with van der Waals surface area (Å²) in [4.78, 5) is 14.8. The molecular formula is C9H10BrFN2O2. The maximum atomic E-state index is 13.3. The van der Waals surface area contributed by atoms with Crippen LogP contribution in [0.1, 0.15) is 5.69 Å². The molecule has 6 heteroatoms. The Kier molecular flexibility index (Phi) is 4.16. The van der Waals surface area contributed by atoms with Crippen molar-refractivity contribution < 1.29 is 13.9 Å². The van der Waals surface area contributed by atoms with Gasteiger partial charge in [-0.3, -0.25) is 9.78 Å². The Morgan fingerprint density at radius 2 is 2.47 bits per heavy atom. The highest BCUT2D eigenvalue weighted by atomic mass is 79.9. The van der Waals surface area contributed by atoms with Crippen molar-refractivity contribution >= 4 is 21.9 Å². The van der Waals surface area contributed by atoms with Crippen LogP contribution in [-0.4, -0.2) is 24.1 Å². The fourth-order valence-corrected chi connectivity index (χ4v) is 1.34. The second kappa shape index (κ2) is 5.18. The molecule has 0 aliphatic rings. The van der Waals surface area contributed by atoms with Crippen molar-refractivity contribution in [3.63, 3.8) is 0 Å². The van der Waals surface area contributed by atoms with Crippen molar-refractivity contribution in [1.29, 1.82) is 0 Å². The molecule has 0 spiro atoms. The number of nitrogens with two attached hydrogens (primary N) is 1. The van der Waals surface area contributed by atoms with Crippen LogP contribution >= 0.6 is 15.9 Å². The summed E-state index contributed by atoms with van der Waals surface area (Å²) in [6.45, 7) is 0. The summed E-state index contributed by atoms with van der Waals surface area (Å²) in [7, 11) is 1.23. The fourth-order valence-electron chi connectivity index (χ4n) is 1.04. The predicted molar refractivity (Wildman–Crippen MR) is 55.6 cm³/mol. The smallest absolute Gasteiger partial charge is 0.323 e. The van der Waals surface area contributed by atoms with Crippen molar-refractivity contribution in [2.24, 2.45) is 5.73 Å². The second-order valence-electron chi connectivity index (χ2n) is 2.92. The average Bonchev–Trinajstić information content (AvgIpc) is 2.20. The Morgan fingerprint density at radius 3 is 3.00 bits per heavy atom. The quantitative estimate of drug-likeness (QED) is 0.838. The number of carbonyl (C=O) groups excluding carboxylic acids is 1. The first-order valence-corrected chi connectivity index (χ1v) is 4.97. The average molecular weight is 277 g/mol. The molecule has 1 rings (SSSR count). The highest BCUT2D eigenvalue weighted by Gasteiger charge is 2.17. The van der Waals surface area contributed by atoms with Crippen LogP contribution in [0.3, 0.4) is 0 Å². The zero-order valence-electron chi connectivity index (χ0n) is 8.04. The van der Waals surface area contributed by atoms with Crippen LogP contribution < -0.4 is 5.73 Å². The Morgan fingerprint density at radius 1 is 1.80 bits per heavy atom. The summed E-state index contributed by atoms with van der Waals surface area (Å²) in [5.41, 5.74) is 5.62. The van der Waals surface area contributed by atoms with Gasteiger partial charge in [0.05, 0.1) is 12.8 Å². The monoisotopic (exact) mass is 276 g/mol. The number of pyridine rings is 1. The van der Waals surface area contributed by atoms with Crippen molar-refractivity contribution in [1.82, 2.24) is 4.98 Å². The molecule has 4 nitrogen and oxygen atoms in total. The van der Waals surface area contributed by atoms with Gasteiger partial charge >= 0.3 is 5.97 Å². The van der Waals surface area contributed by atoms with E-state index in [2.05, 4.69) is 25.7 Å². The maximum absolute atomic E-state index is 13.3. The van der Waals surface area contributed by atoms with Gasteiger partial charge in [0.1, 0.15) is 11.9 Å². The lowest BCUT2D eigenvalue weighted by Crippen LogP contribution is -2.34. The third kappa shape index (κ3) is 3.24. The van der Waals surface area contributed by atoms with E-state index < -0.39 is 17.8 Å². The van der Waals surface area contributed by atoms with Crippen LogP contribution in [0.15, 0.2) is 16.7 Å². The second-order valence-corrected chi connectivity index (χ2v) is 3.83. The van der Waals surface area contributed by atoms with Crippen LogP contribution in [0.5, 0.6) is 0 Å². The van der Waals surface area contributed by atoms with E-state index in [-0.39, 0.29) is 12.1 Å². The number of halogens is 2. The van der Waals surface area contributed by atoms with E-state index in [1.54, 1.807) is 0 Å². The molecule has 1 atom stereocenters. The molecule has 2 N–H and O–H groups in total. The molecule has 0 amide bonds. The van der Waals surface area contributed by atoms with E-state index in [0.717, 1.165) is 0 Å². The third-order valence-corrected chi connectivity index (χ3v) is 2.23. The molecule has 15 heavy (non-hydrogen) atoms. The number of esters is 1. The van der Waals surface area contributed by atoms with Gasteiger partial charge in [-0.25, -0.2) is 4.39 Å². The Hall–Kier alpha value is -1.01. The SMILES string of the molecule is COC(=O)[C@@H](N)Cc1ncc(Br)cc1F. The van der Waals surface area contributed by atoms with Gasteiger partial charge in [-0.15, -0.1) is 0 Å². The summed E-state index contributed by atoms with van der Waals surface area (Å²) < 4.78 is 18.2. The highest BCUT2D eigenvalue weighted by Crippen LogP contribution is 2.13. The van der Waals surface area contributed by atoms with Gasteiger partial charge in [0.25, 0.3) is 0 Å². The first-order valence-electron chi connectivity index (χ1n) is 4.18. The van der Waals surface area contributed by atoms with Crippen LogP contribution in [0, 0.1) is 5.82 Å². The molecule has 0 bridgehead atoms. The zero-order chi connectivity index (χ0) is 11.4. The lowest BCUT2D eigenvalue weighted by atomic mass is 10.1. The summed E-state index contributed by atoms with van der Waals surface area (Å²) in [5.74, 6) is -1.08. The number of rotatable bonds is 3. The molecule has 0 radical (unpaired) electrons. The van der Waals surface area contributed by atoms with Gasteiger partial charge < -0.3 is 10.5 Å². The normalized spacial score (nSPS) is 12.3. The topological polar surface area (TPSA) is 65.2 Å². The Bertz CT molecular complexity index is 373. The van der Waals surface area contributed by atoms with Gasteiger partial charge in [-0.05, 0) is 22.0 Å². The number of methoxy groups -OCH3 is 1. The third-order valence-electron chi connectivity index (χ3n) is 1.80. The van der Waals surface area contributed by atoms with E-state index >= 15 is 0 Å².